The van der Waals surface area contributed by atoms with E-state index in [-0.39, 0.29) is 20.9 Å². The van der Waals surface area contributed by atoms with E-state index in [1.165, 1.54) is 3.61 Å². The normalized spacial score (nSPS) is 9.82. The molecule has 4 heteroatoms. The Morgan fingerprint density at radius 1 is 1.73 bits per heavy atom. The van der Waals surface area contributed by atoms with Crippen molar-refractivity contribution in [2.75, 3.05) is 0 Å². The molecule has 0 bridgehead atoms. The topological polar surface area (TPSA) is 37.3 Å². The molecular weight excluding hydrogens is 276 g/mol. The summed E-state index contributed by atoms with van der Waals surface area (Å²) in [4.78, 5) is 10.2. The summed E-state index contributed by atoms with van der Waals surface area (Å²) in [6.07, 6.45) is 0.331. The van der Waals surface area contributed by atoms with Crippen molar-refractivity contribution in [3.63, 3.8) is 0 Å². The molecular formula is C7H8O2STe. The molecule has 0 fully saturated rings. The zero-order valence-corrected chi connectivity index (χ0v) is 8.97. The third kappa shape index (κ3) is 3.76. The SMILES string of the molecule is O=C(O)CC[Te]c1ccsc1. The summed E-state index contributed by atoms with van der Waals surface area (Å²) in [5, 5.41) is 12.5. The van der Waals surface area contributed by atoms with Crippen molar-refractivity contribution in [3.05, 3.63) is 16.8 Å². The van der Waals surface area contributed by atoms with E-state index in [1.807, 2.05) is 5.38 Å². The molecule has 0 saturated carbocycles. The quantitative estimate of drug-likeness (QED) is 0.836. The Hall–Kier alpha value is -0.0404. The Morgan fingerprint density at radius 3 is 3.09 bits per heavy atom. The molecule has 0 aliphatic heterocycles. The van der Waals surface area contributed by atoms with Crippen LogP contribution in [0.4, 0.5) is 0 Å². The summed E-state index contributed by atoms with van der Waals surface area (Å²) in [6, 6.07) is 2.09. The van der Waals surface area contributed by atoms with Crippen LogP contribution in [0.1, 0.15) is 6.42 Å². The van der Waals surface area contributed by atoms with Crippen LogP contribution in [0.3, 0.4) is 0 Å². The van der Waals surface area contributed by atoms with Crippen molar-refractivity contribution in [2.45, 2.75) is 10.9 Å². The molecule has 0 aromatic carbocycles. The van der Waals surface area contributed by atoms with Gasteiger partial charge in [-0.15, -0.1) is 0 Å². The minimum atomic E-state index is -0.676. The second-order valence-electron chi connectivity index (χ2n) is 1.95. The van der Waals surface area contributed by atoms with Gasteiger partial charge in [0.15, 0.2) is 0 Å². The molecule has 1 aromatic heterocycles. The molecule has 0 unspecified atom stereocenters. The van der Waals surface area contributed by atoms with Crippen molar-refractivity contribution >= 4 is 41.8 Å². The Morgan fingerprint density at radius 2 is 2.55 bits per heavy atom. The Kier molecular flexibility index (Phi) is 3.92. The molecule has 0 radical (unpaired) electrons. The number of rotatable bonds is 4. The van der Waals surface area contributed by atoms with Gasteiger partial charge in [-0.25, -0.2) is 0 Å². The average Bonchev–Trinajstić information content (AvgIpc) is 2.39. The van der Waals surface area contributed by atoms with Crippen LogP contribution < -0.4 is 3.61 Å². The Bertz CT molecular complexity index is 220. The second kappa shape index (κ2) is 4.76. The minimum absolute atomic E-state index is 0.208. The first-order valence-electron chi connectivity index (χ1n) is 3.16. The monoisotopic (exact) mass is 286 g/mol. The van der Waals surface area contributed by atoms with Gasteiger partial charge in [0, 0.05) is 0 Å². The fraction of sp³-hybridized carbons (Fsp3) is 0.286. The van der Waals surface area contributed by atoms with Crippen LogP contribution in [0.2, 0.25) is 4.47 Å². The first-order chi connectivity index (χ1) is 5.29. The first-order valence-corrected chi connectivity index (χ1v) is 6.91. The van der Waals surface area contributed by atoms with Crippen LogP contribution in [-0.4, -0.2) is 32.0 Å². The molecule has 1 heterocycles. The van der Waals surface area contributed by atoms with Crippen LogP contribution >= 0.6 is 11.3 Å². The Labute approximate surface area is 79.3 Å². The maximum atomic E-state index is 10.2. The van der Waals surface area contributed by atoms with Crippen LogP contribution in [0.15, 0.2) is 16.8 Å². The van der Waals surface area contributed by atoms with Gasteiger partial charge in [-0.05, 0) is 0 Å². The van der Waals surface area contributed by atoms with E-state index in [2.05, 4.69) is 11.4 Å². The molecule has 1 rings (SSSR count). The van der Waals surface area contributed by atoms with Gasteiger partial charge in [0.25, 0.3) is 0 Å². The number of hydrogen-bond acceptors (Lipinski definition) is 2. The summed E-state index contributed by atoms with van der Waals surface area (Å²) in [5.41, 5.74) is 0. The van der Waals surface area contributed by atoms with Gasteiger partial charge >= 0.3 is 79.5 Å². The Balaban J connectivity index is 2.19. The van der Waals surface area contributed by atoms with E-state index < -0.39 is 5.97 Å². The van der Waals surface area contributed by atoms with Gasteiger partial charge in [0.05, 0.1) is 0 Å². The number of carboxylic acids is 1. The number of hydrogen-bond donors (Lipinski definition) is 1. The summed E-state index contributed by atoms with van der Waals surface area (Å²) in [6.45, 7) is 0. The van der Waals surface area contributed by atoms with Gasteiger partial charge < -0.3 is 0 Å². The average molecular weight is 284 g/mol. The predicted molar refractivity (Wildman–Crippen MR) is 46.8 cm³/mol. The molecule has 0 atom stereocenters. The number of carboxylic acid groups (broad SMARTS) is 1. The van der Waals surface area contributed by atoms with E-state index in [0.717, 1.165) is 4.47 Å². The van der Waals surface area contributed by atoms with Crippen LogP contribution in [0, 0.1) is 0 Å². The molecule has 2 nitrogen and oxygen atoms in total. The molecule has 0 amide bonds. The first kappa shape index (κ1) is 9.05. The molecule has 0 aliphatic carbocycles. The fourth-order valence-corrected chi connectivity index (χ4v) is 4.43. The predicted octanol–water partition coefficient (Wildman–Crippen LogP) is 0.971. The molecule has 1 aromatic rings. The third-order valence-electron chi connectivity index (χ3n) is 1.08. The molecule has 1 N–H and O–H groups in total. The number of thiophene rings is 1. The van der Waals surface area contributed by atoms with Crippen molar-refractivity contribution in [1.29, 1.82) is 0 Å². The summed E-state index contributed by atoms with van der Waals surface area (Å²) >= 11 is 1.48. The summed E-state index contributed by atoms with van der Waals surface area (Å²) in [7, 11) is 0. The molecule has 0 spiro atoms. The van der Waals surface area contributed by atoms with E-state index >= 15 is 0 Å². The molecule has 11 heavy (non-hydrogen) atoms. The molecule has 60 valence electrons. The van der Waals surface area contributed by atoms with Crippen molar-refractivity contribution in [2.24, 2.45) is 0 Å². The van der Waals surface area contributed by atoms with E-state index in [1.54, 1.807) is 11.3 Å². The van der Waals surface area contributed by atoms with Crippen molar-refractivity contribution in [1.82, 2.24) is 0 Å². The van der Waals surface area contributed by atoms with Gasteiger partial charge in [-0.1, -0.05) is 0 Å². The van der Waals surface area contributed by atoms with Gasteiger partial charge in [-0.2, -0.15) is 0 Å². The van der Waals surface area contributed by atoms with Gasteiger partial charge in [0.2, 0.25) is 0 Å². The maximum absolute atomic E-state index is 10.2. The van der Waals surface area contributed by atoms with E-state index in [0.29, 0.717) is 6.42 Å². The van der Waals surface area contributed by atoms with Crippen LogP contribution in [0.5, 0.6) is 0 Å². The van der Waals surface area contributed by atoms with E-state index in [4.69, 9.17) is 5.11 Å². The molecule has 0 saturated heterocycles. The van der Waals surface area contributed by atoms with Crippen LogP contribution in [0.25, 0.3) is 0 Å². The van der Waals surface area contributed by atoms with E-state index in [9.17, 15) is 4.79 Å². The number of carbonyl (C=O) groups is 1. The van der Waals surface area contributed by atoms with Crippen LogP contribution in [-0.2, 0) is 4.79 Å². The summed E-state index contributed by atoms with van der Waals surface area (Å²) < 4.78 is 2.25. The second-order valence-corrected chi connectivity index (χ2v) is 6.07. The summed E-state index contributed by atoms with van der Waals surface area (Å²) in [5.74, 6) is -0.676. The zero-order chi connectivity index (χ0) is 8.10. The van der Waals surface area contributed by atoms with Gasteiger partial charge in [0.1, 0.15) is 0 Å². The third-order valence-corrected chi connectivity index (χ3v) is 5.07. The fourth-order valence-electron chi connectivity index (χ4n) is 0.590. The van der Waals surface area contributed by atoms with Crippen molar-refractivity contribution in [3.8, 4) is 0 Å². The number of aliphatic carboxylic acids is 1. The zero-order valence-electron chi connectivity index (χ0n) is 5.82. The molecule has 0 aliphatic rings. The standard InChI is InChI=1S/C7H8O2STe/c8-7(9)2-4-11-6-1-3-10-5-6/h1,3,5H,2,4H2,(H,8,9). The van der Waals surface area contributed by atoms with Gasteiger partial charge in [-0.3, -0.25) is 0 Å². The van der Waals surface area contributed by atoms with Crippen molar-refractivity contribution < 1.29 is 9.90 Å².